The molecule has 0 unspecified atom stereocenters. The molecule has 0 aromatic carbocycles. The molecule has 0 atom stereocenters. The van der Waals surface area contributed by atoms with Crippen LogP contribution in [0.4, 0.5) is 0 Å². The van der Waals surface area contributed by atoms with Gasteiger partial charge < -0.3 is 0 Å². The van der Waals surface area contributed by atoms with E-state index < -0.39 is 0 Å². The van der Waals surface area contributed by atoms with E-state index in [0.29, 0.717) is 24.2 Å². The predicted molar refractivity (Wildman–Crippen MR) is 37.0 cm³/mol. The first-order valence-corrected chi connectivity index (χ1v) is 2.94. The Balaban J connectivity index is 2.79. The van der Waals surface area contributed by atoms with Crippen LogP contribution in [0.1, 0.15) is 12.8 Å². The van der Waals surface area contributed by atoms with Crippen LogP contribution < -0.4 is 0 Å². The van der Waals surface area contributed by atoms with E-state index in [-0.39, 0.29) is 0 Å². The SMILES string of the molecule is O=NC1=CCCC(N=O)=C1. The summed E-state index contributed by atoms with van der Waals surface area (Å²) in [4.78, 5) is 19.8. The summed E-state index contributed by atoms with van der Waals surface area (Å²) in [6, 6.07) is 0. The van der Waals surface area contributed by atoms with Crippen molar-refractivity contribution in [2.45, 2.75) is 12.8 Å². The van der Waals surface area contributed by atoms with Crippen molar-refractivity contribution in [1.29, 1.82) is 0 Å². The second-order valence-electron chi connectivity index (χ2n) is 1.99. The second kappa shape index (κ2) is 3.00. The Labute approximate surface area is 57.6 Å². The summed E-state index contributed by atoms with van der Waals surface area (Å²) in [5, 5.41) is 5.40. The van der Waals surface area contributed by atoms with Crippen LogP contribution in [-0.4, -0.2) is 0 Å². The zero-order valence-corrected chi connectivity index (χ0v) is 5.28. The zero-order chi connectivity index (χ0) is 7.40. The topological polar surface area (TPSA) is 58.9 Å². The molecule has 0 aliphatic heterocycles. The van der Waals surface area contributed by atoms with Crippen molar-refractivity contribution in [3.8, 4) is 0 Å². The van der Waals surface area contributed by atoms with Gasteiger partial charge in [-0.3, -0.25) is 0 Å². The fraction of sp³-hybridized carbons (Fsp3) is 0.333. The quantitative estimate of drug-likeness (QED) is 0.548. The van der Waals surface area contributed by atoms with Crippen molar-refractivity contribution in [1.82, 2.24) is 0 Å². The van der Waals surface area contributed by atoms with E-state index in [1.165, 1.54) is 6.08 Å². The summed E-state index contributed by atoms with van der Waals surface area (Å²) in [7, 11) is 0. The molecule has 1 aliphatic carbocycles. The van der Waals surface area contributed by atoms with Gasteiger partial charge in [-0.05, 0) is 29.3 Å². The monoisotopic (exact) mass is 138 g/mol. The van der Waals surface area contributed by atoms with E-state index in [9.17, 15) is 9.81 Å². The Kier molecular flexibility index (Phi) is 2.04. The highest BCUT2D eigenvalue weighted by molar-refractivity contribution is 5.25. The Morgan fingerprint density at radius 1 is 1.30 bits per heavy atom. The highest BCUT2D eigenvalue weighted by atomic mass is 16.3. The molecule has 1 aliphatic rings. The molecular formula is C6H6N2O2. The van der Waals surface area contributed by atoms with Gasteiger partial charge in [-0.1, -0.05) is 6.08 Å². The number of nitrogens with zero attached hydrogens (tertiary/aromatic N) is 2. The lowest BCUT2D eigenvalue weighted by Gasteiger charge is -2.00. The molecule has 1 rings (SSSR count). The molecule has 0 aromatic rings. The van der Waals surface area contributed by atoms with Crippen LogP contribution in [0.25, 0.3) is 0 Å². The highest BCUT2D eigenvalue weighted by Crippen LogP contribution is 2.17. The summed E-state index contributed by atoms with van der Waals surface area (Å²) >= 11 is 0. The number of rotatable bonds is 2. The first-order valence-electron chi connectivity index (χ1n) is 2.94. The van der Waals surface area contributed by atoms with Crippen molar-refractivity contribution in [3.63, 3.8) is 0 Å². The molecule has 52 valence electrons. The first kappa shape index (κ1) is 6.80. The van der Waals surface area contributed by atoms with Crippen LogP contribution in [0.5, 0.6) is 0 Å². The molecule has 0 bridgehead atoms. The Hall–Kier alpha value is -1.32. The highest BCUT2D eigenvalue weighted by Gasteiger charge is 2.04. The molecule has 0 spiro atoms. The first-order chi connectivity index (χ1) is 4.86. The molecule has 0 fully saturated rings. The van der Waals surface area contributed by atoms with Gasteiger partial charge in [0.05, 0.1) is 5.70 Å². The molecule has 0 saturated carbocycles. The van der Waals surface area contributed by atoms with Gasteiger partial charge in [0.25, 0.3) is 0 Å². The summed E-state index contributed by atoms with van der Waals surface area (Å²) in [6.45, 7) is 0. The lowest BCUT2D eigenvalue weighted by molar-refractivity contribution is 0.921. The molecule has 10 heavy (non-hydrogen) atoms. The van der Waals surface area contributed by atoms with Gasteiger partial charge >= 0.3 is 0 Å². The Bertz CT molecular complexity index is 218. The van der Waals surface area contributed by atoms with Gasteiger partial charge in [0.1, 0.15) is 5.70 Å². The van der Waals surface area contributed by atoms with Crippen LogP contribution in [0.15, 0.2) is 33.9 Å². The molecule has 0 radical (unpaired) electrons. The maximum Gasteiger partial charge on any atom is 0.105 e. The van der Waals surface area contributed by atoms with Gasteiger partial charge in [0, 0.05) is 0 Å². The van der Waals surface area contributed by atoms with E-state index in [2.05, 4.69) is 10.4 Å². The largest absolute Gasteiger partial charge is 0.145 e. The number of hydrogen-bond donors (Lipinski definition) is 0. The number of nitroso groups, excluding NO2 is 2. The van der Waals surface area contributed by atoms with Crippen molar-refractivity contribution in [2.75, 3.05) is 0 Å². The zero-order valence-electron chi connectivity index (χ0n) is 5.28. The lowest BCUT2D eigenvalue weighted by Crippen LogP contribution is -1.86. The molecular weight excluding hydrogens is 132 g/mol. The Morgan fingerprint density at radius 2 is 2.10 bits per heavy atom. The maximum atomic E-state index is 9.93. The van der Waals surface area contributed by atoms with E-state index in [1.807, 2.05) is 0 Å². The third-order valence-corrected chi connectivity index (χ3v) is 1.29. The fourth-order valence-electron chi connectivity index (χ4n) is 0.805. The van der Waals surface area contributed by atoms with Gasteiger partial charge in [0.15, 0.2) is 0 Å². The molecule has 4 heteroatoms. The number of hydrogen-bond acceptors (Lipinski definition) is 4. The summed E-state index contributed by atoms with van der Waals surface area (Å²) < 4.78 is 0. The van der Waals surface area contributed by atoms with Crippen molar-refractivity contribution in [3.05, 3.63) is 33.4 Å². The van der Waals surface area contributed by atoms with Gasteiger partial charge in [0.2, 0.25) is 0 Å². The minimum Gasteiger partial charge on any atom is -0.145 e. The summed E-state index contributed by atoms with van der Waals surface area (Å²) in [5.74, 6) is 0. The van der Waals surface area contributed by atoms with Gasteiger partial charge in [-0.15, -0.1) is 9.81 Å². The summed E-state index contributed by atoms with van der Waals surface area (Å²) in [6.07, 6.45) is 4.38. The maximum absolute atomic E-state index is 9.93. The minimum absolute atomic E-state index is 0.306. The van der Waals surface area contributed by atoms with E-state index in [4.69, 9.17) is 0 Å². The predicted octanol–water partition coefficient (Wildman–Crippen LogP) is 2.08. The van der Waals surface area contributed by atoms with Crippen molar-refractivity contribution < 1.29 is 0 Å². The average molecular weight is 138 g/mol. The average Bonchev–Trinajstić information content (AvgIpc) is 2.05. The minimum atomic E-state index is 0.306. The van der Waals surface area contributed by atoms with E-state index in [0.717, 1.165) is 0 Å². The second-order valence-corrected chi connectivity index (χ2v) is 1.99. The molecule has 0 aromatic heterocycles. The molecule has 0 heterocycles. The smallest absolute Gasteiger partial charge is 0.105 e. The van der Waals surface area contributed by atoms with E-state index in [1.54, 1.807) is 6.08 Å². The lowest BCUT2D eigenvalue weighted by atomic mass is 10.1. The standard InChI is InChI=1S/C6H6N2O2/c9-7-5-2-1-3-6(4-5)8-10/h2,4H,1,3H2. The van der Waals surface area contributed by atoms with Crippen LogP contribution in [0.3, 0.4) is 0 Å². The normalized spacial score (nSPS) is 17.2. The molecule has 0 N–H and O–H groups in total. The van der Waals surface area contributed by atoms with Crippen LogP contribution in [0, 0.1) is 9.81 Å². The van der Waals surface area contributed by atoms with Crippen LogP contribution in [-0.2, 0) is 0 Å². The van der Waals surface area contributed by atoms with Crippen LogP contribution in [0.2, 0.25) is 0 Å². The summed E-state index contributed by atoms with van der Waals surface area (Å²) in [5.41, 5.74) is 0.706. The van der Waals surface area contributed by atoms with Gasteiger partial charge in [-0.2, -0.15) is 0 Å². The van der Waals surface area contributed by atoms with Gasteiger partial charge in [-0.25, -0.2) is 0 Å². The number of allylic oxidation sites excluding steroid dienone is 3. The van der Waals surface area contributed by atoms with E-state index >= 15 is 0 Å². The molecule has 0 saturated heterocycles. The van der Waals surface area contributed by atoms with Crippen LogP contribution >= 0.6 is 0 Å². The Morgan fingerprint density at radius 3 is 2.70 bits per heavy atom. The van der Waals surface area contributed by atoms with Crippen molar-refractivity contribution >= 4 is 0 Å². The fourth-order valence-corrected chi connectivity index (χ4v) is 0.805. The third kappa shape index (κ3) is 1.34. The molecule has 4 nitrogen and oxygen atoms in total. The third-order valence-electron chi connectivity index (χ3n) is 1.29. The molecule has 0 amide bonds. The van der Waals surface area contributed by atoms with Crippen molar-refractivity contribution in [2.24, 2.45) is 10.4 Å².